The number of H-pyrrole nitrogens is 1. The summed E-state index contributed by atoms with van der Waals surface area (Å²) in [5.41, 5.74) is 1.71. The van der Waals surface area contributed by atoms with Crippen LogP contribution in [0.1, 0.15) is 27.0 Å². The molecular formula is C29H27BrN2O6. The molecule has 3 aromatic carbocycles. The van der Waals surface area contributed by atoms with Gasteiger partial charge in [-0.1, -0.05) is 76.6 Å². The van der Waals surface area contributed by atoms with E-state index in [2.05, 4.69) is 20.9 Å². The maximum Gasteiger partial charge on any atom is 0.338 e. The second kappa shape index (κ2) is 13.6. The second-order valence-electron chi connectivity index (χ2n) is 8.52. The van der Waals surface area contributed by atoms with E-state index in [0.29, 0.717) is 35.2 Å². The van der Waals surface area contributed by atoms with Crippen molar-refractivity contribution < 1.29 is 19.0 Å². The van der Waals surface area contributed by atoms with Gasteiger partial charge in [-0.15, -0.1) is 0 Å². The lowest BCUT2D eigenvalue weighted by molar-refractivity contribution is -0.0244. The molecule has 1 unspecified atom stereocenters. The lowest BCUT2D eigenvalue weighted by Gasteiger charge is -2.17. The fourth-order valence-electron chi connectivity index (χ4n) is 3.63. The molecule has 1 N–H and O–H groups in total. The molecule has 38 heavy (non-hydrogen) atoms. The summed E-state index contributed by atoms with van der Waals surface area (Å²) >= 11 is 3.35. The first-order chi connectivity index (χ1) is 18.5. The fraction of sp³-hybridized carbons (Fsp3) is 0.207. The first-order valence-electron chi connectivity index (χ1n) is 12.0. The lowest BCUT2D eigenvalue weighted by Crippen LogP contribution is -2.34. The van der Waals surface area contributed by atoms with Gasteiger partial charge in [0.2, 0.25) is 0 Å². The number of aromatic nitrogens is 2. The highest BCUT2D eigenvalue weighted by molar-refractivity contribution is 9.09. The minimum absolute atomic E-state index is 0.000285. The Labute approximate surface area is 227 Å². The van der Waals surface area contributed by atoms with Crippen LogP contribution in [0.2, 0.25) is 0 Å². The third-order valence-corrected chi connectivity index (χ3v) is 6.38. The van der Waals surface area contributed by atoms with Crippen LogP contribution >= 0.6 is 15.9 Å². The highest BCUT2D eigenvalue weighted by Gasteiger charge is 2.14. The molecule has 0 aliphatic carbocycles. The van der Waals surface area contributed by atoms with E-state index in [-0.39, 0.29) is 13.3 Å². The van der Waals surface area contributed by atoms with E-state index >= 15 is 0 Å². The van der Waals surface area contributed by atoms with Crippen LogP contribution in [0.4, 0.5) is 0 Å². The molecule has 1 atom stereocenters. The summed E-state index contributed by atoms with van der Waals surface area (Å²) in [4.78, 5) is 39.4. The van der Waals surface area contributed by atoms with Crippen molar-refractivity contribution in [1.29, 1.82) is 0 Å². The van der Waals surface area contributed by atoms with Crippen LogP contribution in [0, 0.1) is 0 Å². The van der Waals surface area contributed by atoms with Crippen molar-refractivity contribution in [3.8, 4) is 5.75 Å². The van der Waals surface area contributed by atoms with E-state index < -0.39 is 23.3 Å². The number of nitrogens with one attached hydrogen (secondary N) is 1. The number of hydrogen-bond acceptors (Lipinski definition) is 6. The van der Waals surface area contributed by atoms with Crippen LogP contribution in [0.15, 0.2) is 101 Å². The lowest BCUT2D eigenvalue weighted by atomic mass is 10.1. The Kier molecular flexibility index (Phi) is 9.66. The average molecular weight is 579 g/mol. The minimum atomic E-state index is -0.590. The van der Waals surface area contributed by atoms with Crippen molar-refractivity contribution in [3.05, 3.63) is 134 Å². The van der Waals surface area contributed by atoms with Gasteiger partial charge in [0.25, 0.3) is 5.56 Å². The smallest absolute Gasteiger partial charge is 0.338 e. The summed E-state index contributed by atoms with van der Waals surface area (Å²) in [6.45, 7) is 0.310. The summed E-state index contributed by atoms with van der Waals surface area (Å²) in [6.07, 6.45) is 1.29. The number of halogens is 1. The van der Waals surface area contributed by atoms with Crippen molar-refractivity contribution in [2.75, 3.05) is 11.9 Å². The molecule has 0 aliphatic heterocycles. The highest BCUT2D eigenvalue weighted by Crippen LogP contribution is 2.17. The number of rotatable bonds is 12. The number of ether oxygens (including phenoxy) is 3. The van der Waals surface area contributed by atoms with Crippen molar-refractivity contribution in [2.24, 2.45) is 0 Å². The van der Waals surface area contributed by atoms with E-state index in [0.717, 1.165) is 11.1 Å². The number of alkyl halides is 1. The third kappa shape index (κ3) is 7.77. The predicted molar refractivity (Wildman–Crippen MR) is 147 cm³/mol. The Morgan fingerprint density at radius 2 is 1.63 bits per heavy atom. The quantitative estimate of drug-likeness (QED) is 0.199. The Morgan fingerprint density at radius 1 is 0.921 bits per heavy atom. The molecule has 0 bridgehead atoms. The number of esters is 1. The molecule has 0 fully saturated rings. The topological polar surface area (TPSA) is 99.6 Å². The molecule has 0 aliphatic rings. The normalized spacial score (nSPS) is 11.6. The molecule has 0 amide bonds. The van der Waals surface area contributed by atoms with E-state index in [9.17, 15) is 14.4 Å². The number of hydrogen-bond donors (Lipinski definition) is 1. The van der Waals surface area contributed by atoms with Crippen molar-refractivity contribution in [2.45, 2.75) is 25.9 Å². The van der Waals surface area contributed by atoms with E-state index in [1.165, 1.54) is 10.8 Å². The number of nitrogens with zero attached hydrogens (tertiary/aromatic N) is 1. The van der Waals surface area contributed by atoms with Gasteiger partial charge in [-0.2, -0.15) is 0 Å². The molecule has 196 valence electrons. The Hall–Kier alpha value is -3.95. The first kappa shape index (κ1) is 27.1. The predicted octanol–water partition coefficient (Wildman–Crippen LogP) is 4.30. The van der Waals surface area contributed by atoms with Crippen LogP contribution < -0.4 is 16.0 Å². The second-order valence-corrected chi connectivity index (χ2v) is 9.17. The molecule has 1 heterocycles. The minimum Gasteiger partial charge on any atom is -0.489 e. The Morgan fingerprint density at radius 3 is 2.37 bits per heavy atom. The van der Waals surface area contributed by atoms with E-state index in [1.54, 1.807) is 24.3 Å². The Bertz CT molecular complexity index is 1450. The van der Waals surface area contributed by atoms with Gasteiger partial charge in [0, 0.05) is 23.5 Å². The van der Waals surface area contributed by atoms with Crippen molar-refractivity contribution >= 4 is 21.9 Å². The summed E-state index contributed by atoms with van der Waals surface area (Å²) in [5.74, 6) is 0.225. The average Bonchev–Trinajstić information content (AvgIpc) is 2.95. The van der Waals surface area contributed by atoms with Gasteiger partial charge in [0.1, 0.15) is 31.8 Å². The molecule has 0 spiro atoms. The number of carbonyl (C=O) groups is 1. The zero-order valence-electron chi connectivity index (χ0n) is 20.5. The van der Waals surface area contributed by atoms with Crippen LogP contribution in [-0.4, -0.2) is 33.6 Å². The number of aromatic amines is 1. The SMILES string of the molecule is O=C(OCC(CBr)OCn1cc(Cc2cccc(OCc3ccccc3)c2)c(=O)[nH]c1=O)c1ccccc1. The Balaban J connectivity index is 1.37. The third-order valence-electron chi connectivity index (χ3n) is 5.66. The molecule has 4 rings (SSSR count). The fourth-order valence-corrected chi connectivity index (χ4v) is 4.01. The molecule has 9 heteroatoms. The highest BCUT2D eigenvalue weighted by atomic mass is 79.9. The summed E-state index contributed by atoms with van der Waals surface area (Å²) < 4.78 is 18.3. The molecule has 4 aromatic rings. The van der Waals surface area contributed by atoms with Crippen LogP contribution in [0.25, 0.3) is 0 Å². The zero-order valence-corrected chi connectivity index (χ0v) is 22.1. The standard InChI is InChI=1S/C29H27BrN2O6/c30-16-26(19-37-28(34)23-11-5-2-6-12-23)38-20-32-17-24(27(33)31-29(32)35)14-22-10-7-13-25(15-22)36-18-21-8-3-1-4-9-21/h1-13,15,17,26H,14,16,18-20H2,(H,31,33,35). The first-order valence-corrected chi connectivity index (χ1v) is 13.1. The van der Waals surface area contributed by atoms with Gasteiger partial charge in [-0.05, 0) is 35.4 Å². The largest absolute Gasteiger partial charge is 0.489 e. The summed E-state index contributed by atoms with van der Waals surface area (Å²) in [6, 6.07) is 26.0. The van der Waals surface area contributed by atoms with Crippen LogP contribution in [-0.2, 0) is 29.2 Å². The van der Waals surface area contributed by atoms with Gasteiger partial charge in [-0.25, -0.2) is 9.59 Å². The molecule has 8 nitrogen and oxygen atoms in total. The van der Waals surface area contributed by atoms with Gasteiger partial charge >= 0.3 is 11.7 Å². The maximum absolute atomic E-state index is 12.5. The van der Waals surface area contributed by atoms with Gasteiger partial charge in [0.15, 0.2) is 0 Å². The summed E-state index contributed by atoms with van der Waals surface area (Å²) in [7, 11) is 0. The van der Waals surface area contributed by atoms with Gasteiger partial charge in [0.05, 0.1) is 5.56 Å². The van der Waals surface area contributed by atoms with E-state index in [1.807, 2.05) is 60.7 Å². The molecule has 0 saturated carbocycles. The van der Waals surface area contributed by atoms with Crippen molar-refractivity contribution in [3.63, 3.8) is 0 Å². The number of carbonyl (C=O) groups excluding carboxylic acids is 1. The summed E-state index contributed by atoms with van der Waals surface area (Å²) in [5, 5.41) is 0.385. The molecular weight excluding hydrogens is 552 g/mol. The van der Waals surface area contributed by atoms with Crippen LogP contribution in [0.3, 0.4) is 0 Å². The molecule has 0 radical (unpaired) electrons. The molecule has 1 aromatic heterocycles. The number of benzene rings is 3. The van der Waals surface area contributed by atoms with Gasteiger partial charge in [-0.3, -0.25) is 14.3 Å². The molecule has 0 saturated heterocycles. The van der Waals surface area contributed by atoms with Gasteiger partial charge < -0.3 is 14.2 Å². The monoisotopic (exact) mass is 578 g/mol. The van der Waals surface area contributed by atoms with E-state index in [4.69, 9.17) is 14.2 Å². The van der Waals surface area contributed by atoms with Crippen molar-refractivity contribution in [1.82, 2.24) is 9.55 Å². The maximum atomic E-state index is 12.5. The zero-order chi connectivity index (χ0) is 26.7. The van der Waals surface area contributed by atoms with Crippen LogP contribution in [0.5, 0.6) is 5.75 Å².